The van der Waals surface area contributed by atoms with Crippen molar-refractivity contribution in [1.29, 1.82) is 0 Å². The molecule has 0 atom stereocenters. The Hall–Kier alpha value is -0.170. The van der Waals surface area contributed by atoms with Crippen LogP contribution in [-0.4, -0.2) is 46.5 Å². The number of ether oxygens (including phenoxy) is 1. The molecule has 1 fully saturated rings. The monoisotopic (exact) mass is 320 g/mol. The van der Waals surface area contributed by atoms with Crippen LogP contribution in [0.2, 0.25) is 0 Å². The Labute approximate surface area is 130 Å². The van der Waals surface area contributed by atoms with Crippen molar-refractivity contribution in [2.75, 3.05) is 32.0 Å². The lowest BCUT2D eigenvalue weighted by atomic mass is 9.98. The van der Waals surface area contributed by atoms with Gasteiger partial charge in [-0.1, -0.05) is 26.2 Å². The first-order valence-electron chi connectivity index (χ1n) is 8.43. The normalized spacial score (nSPS) is 17.2. The molecule has 0 radical (unpaired) electrons. The standard InChI is InChI=1S/C15H32N2O3S/c1-2-10-16-11-6-7-14-21(18,19)17-12-13-20-15-8-4-3-5-9-15/h15-17H,2-14H2,1H3. The predicted molar refractivity (Wildman–Crippen MR) is 87.0 cm³/mol. The van der Waals surface area contributed by atoms with E-state index in [0.717, 1.165) is 38.8 Å². The zero-order chi connectivity index (χ0) is 15.4. The Bertz CT molecular complexity index is 341. The van der Waals surface area contributed by atoms with Crippen LogP contribution < -0.4 is 10.0 Å². The summed E-state index contributed by atoms with van der Waals surface area (Å²) in [6.45, 7) is 4.91. The summed E-state index contributed by atoms with van der Waals surface area (Å²) in [7, 11) is -3.14. The molecule has 0 saturated heterocycles. The Balaban J connectivity index is 1.98. The van der Waals surface area contributed by atoms with Gasteiger partial charge in [-0.25, -0.2) is 13.1 Å². The van der Waals surface area contributed by atoms with Crippen LogP contribution in [0.25, 0.3) is 0 Å². The summed E-state index contributed by atoms with van der Waals surface area (Å²) >= 11 is 0. The molecule has 0 aromatic rings. The fourth-order valence-electron chi connectivity index (χ4n) is 2.57. The second kappa shape index (κ2) is 11.4. The van der Waals surface area contributed by atoms with E-state index in [0.29, 0.717) is 25.7 Å². The lowest BCUT2D eigenvalue weighted by molar-refractivity contribution is 0.0321. The van der Waals surface area contributed by atoms with Gasteiger partial charge in [0.05, 0.1) is 18.5 Å². The third-order valence-corrected chi connectivity index (χ3v) is 5.24. The highest BCUT2D eigenvalue weighted by Crippen LogP contribution is 2.19. The molecule has 6 heteroatoms. The molecule has 1 aliphatic rings. The summed E-state index contributed by atoms with van der Waals surface area (Å²) in [5.74, 6) is 0.213. The van der Waals surface area contributed by atoms with Crippen molar-refractivity contribution in [1.82, 2.24) is 10.0 Å². The highest BCUT2D eigenvalue weighted by Gasteiger charge is 2.14. The summed E-state index contributed by atoms with van der Waals surface area (Å²) in [5.41, 5.74) is 0. The van der Waals surface area contributed by atoms with E-state index >= 15 is 0 Å². The van der Waals surface area contributed by atoms with Crippen LogP contribution in [0.15, 0.2) is 0 Å². The van der Waals surface area contributed by atoms with Crippen molar-refractivity contribution < 1.29 is 13.2 Å². The van der Waals surface area contributed by atoms with E-state index in [1.165, 1.54) is 19.3 Å². The van der Waals surface area contributed by atoms with Crippen LogP contribution >= 0.6 is 0 Å². The molecule has 0 aliphatic heterocycles. The molecule has 0 aromatic heterocycles. The maximum absolute atomic E-state index is 11.8. The molecule has 126 valence electrons. The molecule has 0 spiro atoms. The molecule has 1 rings (SSSR count). The first-order chi connectivity index (χ1) is 10.1. The zero-order valence-electron chi connectivity index (χ0n) is 13.4. The first kappa shape index (κ1) is 18.9. The molecule has 0 unspecified atom stereocenters. The molecule has 0 bridgehead atoms. The van der Waals surface area contributed by atoms with Crippen LogP contribution in [0, 0.1) is 0 Å². The Morgan fingerprint density at radius 1 is 1.05 bits per heavy atom. The van der Waals surface area contributed by atoms with Gasteiger partial charge in [-0.3, -0.25) is 0 Å². The van der Waals surface area contributed by atoms with Crippen LogP contribution in [0.5, 0.6) is 0 Å². The quantitative estimate of drug-likeness (QED) is 0.540. The van der Waals surface area contributed by atoms with Gasteiger partial charge in [-0.15, -0.1) is 0 Å². The van der Waals surface area contributed by atoms with Crippen molar-refractivity contribution in [3.63, 3.8) is 0 Å². The van der Waals surface area contributed by atoms with Crippen LogP contribution in [0.3, 0.4) is 0 Å². The average molecular weight is 320 g/mol. The Kier molecular flexibility index (Phi) is 10.3. The number of unbranched alkanes of at least 4 members (excludes halogenated alkanes) is 1. The number of hydrogen-bond donors (Lipinski definition) is 2. The smallest absolute Gasteiger partial charge is 0.211 e. The molecular formula is C15H32N2O3S. The summed E-state index contributed by atoms with van der Waals surface area (Å²) in [5, 5.41) is 3.27. The summed E-state index contributed by atoms with van der Waals surface area (Å²) in [6, 6.07) is 0. The van der Waals surface area contributed by atoms with E-state index in [9.17, 15) is 8.42 Å². The maximum Gasteiger partial charge on any atom is 0.211 e. The zero-order valence-corrected chi connectivity index (χ0v) is 14.2. The fraction of sp³-hybridized carbons (Fsp3) is 1.00. The van der Waals surface area contributed by atoms with E-state index in [2.05, 4.69) is 17.0 Å². The van der Waals surface area contributed by atoms with Crippen molar-refractivity contribution >= 4 is 10.0 Å². The lowest BCUT2D eigenvalue weighted by Gasteiger charge is -2.21. The van der Waals surface area contributed by atoms with Crippen molar-refractivity contribution in [2.24, 2.45) is 0 Å². The molecule has 0 amide bonds. The van der Waals surface area contributed by atoms with Gasteiger partial charge < -0.3 is 10.1 Å². The maximum atomic E-state index is 11.8. The molecule has 1 saturated carbocycles. The van der Waals surface area contributed by atoms with Gasteiger partial charge in [-0.2, -0.15) is 0 Å². The van der Waals surface area contributed by atoms with Crippen molar-refractivity contribution in [2.45, 2.75) is 64.4 Å². The van der Waals surface area contributed by atoms with Crippen LogP contribution in [-0.2, 0) is 14.8 Å². The highest BCUT2D eigenvalue weighted by atomic mass is 32.2. The van der Waals surface area contributed by atoms with Gasteiger partial charge in [0, 0.05) is 6.54 Å². The van der Waals surface area contributed by atoms with E-state index in [1.54, 1.807) is 0 Å². The molecular weight excluding hydrogens is 288 g/mol. The van der Waals surface area contributed by atoms with Gasteiger partial charge in [-0.05, 0) is 45.2 Å². The number of nitrogens with one attached hydrogen (secondary N) is 2. The van der Waals surface area contributed by atoms with Gasteiger partial charge >= 0.3 is 0 Å². The van der Waals surface area contributed by atoms with Crippen LogP contribution in [0.4, 0.5) is 0 Å². The first-order valence-corrected chi connectivity index (χ1v) is 10.1. The molecule has 0 aromatic carbocycles. The minimum absolute atomic E-state index is 0.213. The summed E-state index contributed by atoms with van der Waals surface area (Å²) < 4.78 is 31.9. The molecule has 5 nitrogen and oxygen atoms in total. The second-order valence-electron chi connectivity index (χ2n) is 5.80. The molecule has 2 N–H and O–H groups in total. The SMILES string of the molecule is CCCNCCCCS(=O)(=O)NCCOC1CCCCC1. The third kappa shape index (κ3) is 10.2. The number of sulfonamides is 1. The fourth-order valence-corrected chi connectivity index (χ4v) is 3.69. The summed E-state index contributed by atoms with van der Waals surface area (Å²) in [6.07, 6.45) is 9.09. The van der Waals surface area contributed by atoms with Crippen LogP contribution in [0.1, 0.15) is 58.3 Å². The minimum atomic E-state index is -3.14. The minimum Gasteiger partial charge on any atom is -0.377 e. The van der Waals surface area contributed by atoms with E-state index in [-0.39, 0.29) is 5.75 Å². The third-order valence-electron chi connectivity index (χ3n) is 3.77. The van der Waals surface area contributed by atoms with E-state index in [1.807, 2.05) is 0 Å². The van der Waals surface area contributed by atoms with Crippen molar-refractivity contribution in [3.8, 4) is 0 Å². The molecule has 21 heavy (non-hydrogen) atoms. The molecule has 1 aliphatic carbocycles. The van der Waals surface area contributed by atoms with E-state index < -0.39 is 10.0 Å². The van der Waals surface area contributed by atoms with Gasteiger partial charge in [0.25, 0.3) is 0 Å². The number of hydrogen-bond acceptors (Lipinski definition) is 4. The Morgan fingerprint density at radius 2 is 1.81 bits per heavy atom. The molecule has 0 heterocycles. The van der Waals surface area contributed by atoms with E-state index in [4.69, 9.17) is 4.74 Å². The summed E-state index contributed by atoms with van der Waals surface area (Å²) in [4.78, 5) is 0. The topological polar surface area (TPSA) is 67.4 Å². The highest BCUT2D eigenvalue weighted by molar-refractivity contribution is 7.89. The largest absolute Gasteiger partial charge is 0.377 e. The number of rotatable bonds is 12. The van der Waals surface area contributed by atoms with Crippen molar-refractivity contribution in [3.05, 3.63) is 0 Å². The van der Waals surface area contributed by atoms with Gasteiger partial charge in [0.15, 0.2) is 0 Å². The van der Waals surface area contributed by atoms with Gasteiger partial charge in [0.1, 0.15) is 0 Å². The van der Waals surface area contributed by atoms with Gasteiger partial charge in [0.2, 0.25) is 10.0 Å². The average Bonchev–Trinajstić information content (AvgIpc) is 2.48. The second-order valence-corrected chi connectivity index (χ2v) is 7.73. The Morgan fingerprint density at radius 3 is 2.52 bits per heavy atom. The predicted octanol–water partition coefficient (Wildman–Crippen LogP) is 2.03. The lowest BCUT2D eigenvalue weighted by Crippen LogP contribution is -2.31.